The molecule has 0 atom stereocenters. The van der Waals surface area contributed by atoms with Gasteiger partial charge in [0.05, 0.1) is 17.2 Å². The quantitative estimate of drug-likeness (QED) is 0.930. The number of carbonyl (C=O) groups is 1. The number of rotatable bonds is 3. The summed E-state index contributed by atoms with van der Waals surface area (Å²) in [5.41, 5.74) is 0.568. The van der Waals surface area contributed by atoms with Crippen LogP contribution in [0.2, 0.25) is 0 Å². The maximum atomic E-state index is 12.2. The Morgan fingerprint density at radius 3 is 2.74 bits per heavy atom. The molecule has 0 unspecified atom stereocenters. The lowest BCUT2D eigenvalue weighted by Crippen LogP contribution is -2.40. The number of nitrogens with one attached hydrogen (secondary N) is 1. The van der Waals surface area contributed by atoms with E-state index in [1.165, 1.54) is 0 Å². The molecule has 0 aliphatic carbocycles. The Hall–Kier alpha value is -2.12. The molecule has 96 valence electrons. The van der Waals surface area contributed by atoms with Crippen molar-refractivity contribution >= 4 is 17.2 Å². The first-order valence-corrected chi connectivity index (χ1v) is 6.77. The zero-order valence-corrected chi connectivity index (χ0v) is 11.6. The van der Waals surface area contributed by atoms with Crippen LogP contribution in [0.1, 0.15) is 34.6 Å². The Morgan fingerprint density at radius 2 is 2.11 bits per heavy atom. The Bertz CT molecular complexity index is 624. The van der Waals surface area contributed by atoms with E-state index in [0.717, 1.165) is 4.88 Å². The molecule has 1 aromatic carbocycles. The summed E-state index contributed by atoms with van der Waals surface area (Å²) in [4.78, 5) is 13.3. The zero-order valence-electron chi connectivity index (χ0n) is 10.8. The Kier molecular flexibility index (Phi) is 3.68. The van der Waals surface area contributed by atoms with E-state index < -0.39 is 5.54 Å². The topological polar surface area (TPSA) is 52.9 Å². The lowest BCUT2D eigenvalue weighted by Gasteiger charge is -2.25. The molecule has 1 N–H and O–H groups in total. The fourth-order valence-electron chi connectivity index (χ4n) is 1.78. The molecule has 4 heteroatoms. The largest absolute Gasteiger partial charge is 0.342 e. The fourth-order valence-corrected chi connectivity index (χ4v) is 2.59. The van der Waals surface area contributed by atoms with E-state index in [1.807, 2.05) is 37.4 Å². The molecule has 2 aromatic rings. The summed E-state index contributed by atoms with van der Waals surface area (Å²) >= 11 is 1.61. The van der Waals surface area contributed by atoms with Gasteiger partial charge in [-0.3, -0.25) is 4.79 Å². The number of carbonyl (C=O) groups excluding carboxylic acids is 1. The lowest BCUT2D eigenvalue weighted by atomic mass is 10.0. The van der Waals surface area contributed by atoms with Gasteiger partial charge in [0.25, 0.3) is 5.91 Å². The number of hydrogen-bond donors (Lipinski definition) is 1. The van der Waals surface area contributed by atoms with Gasteiger partial charge in [0.1, 0.15) is 0 Å². The van der Waals surface area contributed by atoms with Gasteiger partial charge in [-0.1, -0.05) is 12.1 Å². The molecule has 1 amide bonds. The van der Waals surface area contributed by atoms with E-state index in [1.54, 1.807) is 35.6 Å². The summed E-state index contributed by atoms with van der Waals surface area (Å²) in [5, 5.41) is 13.8. The van der Waals surface area contributed by atoms with E-state index in [2.05, 4.69) is 5.32 Å². The molecular weight excluding hydrogens is 256 g/mol. The van der Waals surface area contributed by atoms with Gasteiger partial charge in [-0.25, -0.2) is 0 Å². The van der Waals surface area contributed by atoms with Gasteiger partial charge < -0.3 is 5.32 Å². The van der Waals surface area contributed by atoms with Crippen LogP contribution in [0.15, 0.2) is 41.8 Å². The third kappa shape index (κ3) is 3.01. The minimum Gasteiger partial charge on any atom is -0.342 e. The summed E-state index contributed by atoms with van der Waals surface area (Å²) in [6.45, 7) is 3.93. The van der Waals surface area contributed by atoms with Crippen molar-refractivity contribution in [3.8, 4) is 6.07 Å². The average molecular weight is 270 g/mol. The van der Waals surface area contributed by atoms with Crippen molar-refractivity contribution in [1.29, 1.82) is 5.26 Å². The molecule has 1 aromatic heterocycles. The maximum absolute atomic E-state index is 12.2. The van der Waals surface area contributed by atoms with E-state index >= 15 is 0 Å². The van der Waals surface area contributed by atoms with Gasteiger partial charge in [0.2, 0.25) is 0 Å². The highest BCUT2D eigenvalue weighted by molar-refractivity contribution is 7.10. The minimum atomic E-state index is -0.423. The molecular formula is C15H14N2OS. The summed E-state index contributed by atoms with van der Waals surface area (Å²) in [6.07, 6.45) is 0. The zero-order chi connectivity index (χ0) is 13.9. The van der Waals surface area contributed by atoms with Crippen LogP contribution in [0.4, 0.5) is 0 Å². The molecule has 0 aliphatic heterocycles. The van der Waals surface area contributed by atoms with Crippen LogP contribution in [-0.4, -0.2) is 5.91 Å². The number of thiophene rings is 1. The Balaban J connectivity index is 2.19. The SMILES string of the molecule is CC(C)(NC(=O)c1cccc(C#N)c1)c1cccs1. The van der Waals surface area contributed by atoms with Gasteiger partial charge in [0.15, 0.2) is 0 Å². The van der Waals surface area contributed by atoms with E-state index in [0.29, 0.717) is 11.1 Å². The second-order valence-corrected chi connectivity index (χ2v) is 5.70. The molecule has 2 rings (SSSR count). The van der Waals surface area contributed by atoms with Crippen molar-refractivity contribution in [2.75, 3.05) is 0 Å². The molecule has 0 saturated carbocycles. The van der Waals surface area contributed by atoms with Crippen LogP contribution in [-0.2, 0) is 5.54 Å². The number of hydrogen-bond acceptors (Lipinski definition) is 3. The van der Waals surface area contributed by atoms with E-state index in [9.17, 15) is 4.79 Å². The van der Waals surface area contributed by atoms with Crippen molar-refractivity contribution in [3.63, 3.8) is 0 Å². The lowest BCUT2D eigenvalue weighted by molar-refractivity contribution is 0.0913. The van der Waals surface area contributed by atoms with Crippen molar-refractivity contribution < 1.29 is 4.79 Å². The molecule has 0 aliphatic rings. The van der Waals surface area contributed by atoms with Crippen LogP contribution in [0.5, 0.6) is 0 Å². The van der Waals surface area contributed by atoms with Crippen LogP contribution in [0.25, 0.3) is 0 Å². The number of nitrogens with zero attached hydrogens (tertiary/aromatic N) is 1. The van der Waals surface area contributed by atoms with Crippen LogP contribution < -0.4 is 5.32 Å². The van der Waals surface area contributed by atoms with Crippen LogP contribution in [0, 0.1) is 11.3 Å². The minimum absolute atomic E-state index is 0.171. The molecule has 0 bridgehead atoms. The molecule has 1 heterocycles. The first kappa shape index (κ1) is 13.3. The number of benzene rings is 1. The van der Waals surface area contributed by atoms with Crippen LogP contribution >= 0.6 is 11.3 Å². The average Bonchev–Trinajstić information content (AvgIpc) is 2.93. The highest BCUT2D eigenvalue weighted by atomic mass is 32.1. The van der Waals surface area contributed by atoms with Gasteiger partial charge in [0, 0.05) is 10.4 Å². The fraction of sp³-hybridized carbons (Fsp3) is 0.200. The summed E-state index contributed by atoms with van der Waals surface area (Å²) in [5.74, 6) is -0.171. The van der Waals surface area contributed by atoms with Gasteiger partial charge in [-0.2, -0.15) is 5.26 Å². The van der Waals surface area contributed by atoms with Crippen molar-refractivity contribution in [2.24, 2.45) is 0 Å². The predicted octanol–water partition coefficient (Wildman–Crippen LogP) is 3.28. The highest BCUT2D eigenvalue weighted by Gasteiger charge is 2.24. The first-order chi connectivity index (χ1) is 9.03. The molecule has 0 fully saturated rings. The van der Waals surface area contributed by atoms with Crippen molar-refractivity contribution in [1.82, 2.24) is 5.32 Å². The third-order valence-electron chi connectivity index (χ3n) is 2.82. The smallest absolute Gasteiger partial charge is 0.252 e. The van der Waals surface area contributed by atoms with Crippen molar-refractivity contribution in [3.05, 3.63) is 57.8 Å². The third-order valence-corrected chi connectivity index (χ3v) is 4.01. The number of amides is 1. The molecule has 0 radical (unpaired) electrons. The van der Waals surface area contributed by atoms with Gasteiger partial charge in [-0.15, -0.1) is 11.3 Å². The first-order valence-electron chi connectivity index (χ1n) is 5.89. The molecule has 0 saturated heterocycles. The Labute approximate surface area is 116 Å². The summed E-state index contributed by atoms with van der Waals surface area (Å²) in [7, 11) is 0. The summed E-state index contributed by atoms with van der Waals surface area (Å²) < 4.78 is 0. The summed E-state index contributed by atoms with van der Waals surface area (Å²) in [6, 6.07) is 12.7. The van der Waals surface area contributed by atoms with Gasteiger partial charge >= 0.3 is 0 Å². The molecule has 19 heavy (non-hydrogen) atoms. The van der Waals surface area contributed by atoms with E-state index in [4.69, 9.17) is 5.26 Å². The monoisotopic (exact) mass is 270 g/mol. The Morgan fingerprint density at radius 1 is 1.32 bits per heavy atom. The second kappa shape index (κ2) is 5.25. The van der Waals surface area contributed by atoms with Crippen LogP contribution in [0.3, 0.4) is 0 Å². The number of nitriles is 1. The molecule has 3 nitrogen and oxygen atoms in total. The highest BCUT2D eigenvalue weighted by Crippen LogP contribution is 2.25. The standard InChI is InChI=1S/C15H14N2OS/c1-15(2,13-7-4-8-19-13)17-14(18)12-6-3-5-11(9-12)10-16/h3-9H,1-2H3,(H,17,18). The maximum Gasteiger partial charge on any atom is 0.252 e. The van der Waals surface area contributed by atoms with E-state index in [-0.39, 0.29) is 5.91 Å². The normalized spacial score (nSPS) is 10.8. The van der Waals surface area contributed by atoms with Gasteiger partial charge in [-0.05, 0) is 43.5 Å². The second-order valence-electron chi connectivity index (χ2n) is 4.75. The molecule has 0 spiro atoms. The van der Waals surface area contributed by atoms with Crippen molar-refractivity contribution in [2.45, 2.75) is 19.4 Å². The predicted molar refractivity (Wildman–Crippen MR) is 76.0 cm³/mol.